The Morgan fingerprint density at radius 1 is 1.32 bits per heavy atom. The second-order valence-corrected chi connectivity index (χ2v) is 8.44. The molecule has 3 rings (SSSR count). The summed E-state index contributed by atoms with van der Waals surface area (Å²) in [5.74, 6) is -1.04. The van der Waals surface area contributed by atoms with E-state index < -0.39 is 15.9 Å². The molecular weight excluding hydrogens is 366 g/mol. The van der Waals surface area contributed by atoms with Crippen molar-refractivity contribution in [3.63, 3.8) is 0 Å². The monoisotopic (exact) mass is 381 g/mol. The Balaban J connectivity index is 1.90. The molecule has 3 aromatic rings. The highest BCUT2D eigenvalue weighted by Crippen LogP contribution is 2.21. The van der Waals surface area contributed by atoms with E-state index in [4.69, 9.17) is 4.52 Å². The Bertz CT molecular complexity index is 1120. The maximum absolute atomic E-state index is 12.4. The van der Waals surface area contributed by atoms with E-state index in [2.05, 4.69) is 5.16 Å². The molecule has 2 heterocycles. The fraction of sp³-hybridized carbons (Fsp3) is 0.267. The first-order valence-corrected chi connectivity index (χ1v) is 9.62. The van der Waals surface area contributed by atoms with Crippen LogP contribution in [0.2, 0.25) is 0 Å². The molecule has 0 spiro atoms. The third-order valence-electron chi connectivity index (χ3n) is 3.64. The molecule has 10 heteroatoms. The van der Waals surface area contributed by atoms with Gasteiger partial charge in [-0.25, -0.2) is 13.1 Å². The lowest BCUT2D eigenvalue weighted by atomic mass is 10.1. The van der Waals surface area contributed by atoms with Crippen LogP contribution in [0.25, 0.3) is 10.2 Å². The van der Waals surface area contributed by atoms with Crippen LogP contribution < -0.4 is 9.60 Å². The van der Waals surface area contributed by atoms with E-state index in [0.717, 1.165) is 11.3 Å². The summed E-state index contributed by atoms with van der Waals surface area (Å²) in [5.41, 5.74) is 1.18. The third kappa shape index (κ3) is 3.22. The number of nitrogens with zero attached hydrogens (tertiary/aromatic N) is 2. The zero-order valence-corrected chi connectivity index (χ0v) is 15.3. The fourth-order valence-electron chi connectivity index (χ4n) is 2.18. The molecule has 0 saturated heterocycles. The van der Waals surface area contributed by atoms with Gasteiger partial charge in [0.05, 0.1) is 20.8 Å². The van der Waals surface area contributed by atoms with Crippen LogP contribution in [0.15, 0.2) is 38.5 Å². The highest BCUT2D eigenvalue weighted by molar-refractivity contribution is 7.90. The molecule has 0 atom stereocenters. The molecular formula is C15H15N3O5S2. The smallest absolute Gasteiger partial charge is 0.307 e. The van der Waals surface area contributed by atoms with E-state index in [1.54, 1.807) is 7.05 Å². The number of rotatable bonds is 4. The summed E-state index contributed by atoms with van der Waals surface area (Å²) in [4.78, 5) is 23.5. The van der Waals surface area contributed by atoms with Crippen molar-refractivity contribution in [3.05, 3.63) is 45.4 Å². The Labute approximate surface area is 147 Å². The normalized spacial score (nSPS) is 12.0. The van der Waals surface area contributed by atoms with Crippen LogP contribution in [0.3, 0.4) is 0 Å². The predicted octanol–water partition coefficient (Wildman–Crippen LogP) is 1.83. The lowest BCUT2D eigenvalue weighted by Gasteiger charge is -2.05. The minimum atomic E-state index is -4.11. The largest absolute Gasteiger partial charge is 0.351 e. The Morgan fingerprint density at radius 3 is 2.68 bits per heavy atom. The summed E-state index contributed by atoms with van der Waals surface area (Å²) in [6.45, 7) is 3.74. The van der Waals surface area contributed by atoms with Gasteiger partial charge in [0.15, 0.2) is 0 Å². The van der Waals surface area contributed by atoms with Gasteiger partial charge < -0.3 is 9.09 Å². The second-order valence-electron chi connectivity index (χ2n) is 5.76. The van der Waals surface area contributed by atoms with Crippen molar-refractivity contribution in [2.24, 2.45) is 7.05 Å². The van der Waals surface area contributed by atoms with Crippen molar-refractivity contribution in [3.8, 4) is 0 Å². The van der Waals surface area contributed by atoms with E-state index in [1.165, 1.54) is 28.8 Å². The summed E-state index contributed by atoms with van der Waals surface area (Å²) in [7, 11) is -2.50. The summed E-state index contributed by atoms with van der Waals surface area (Å²) < 4.78 is 33.6. The molecule has 132 valence electrons. The van der Waals surface area contributed by atoms with Crippen molar-refractivity contribution in [1.29, 1.82) is 0 Å². The van der Waals surface area contributed by atoms with Gasteiger partial charge in [-0.3, -0.25) is 9.59 Å². The number of hydrogen-bond acceptors (Lipinski definition) is 7. The van der Waals surface area contributed by atoms with Crippen LogP contribution in [0.4, 0.5) is 0 Å². The van der Waals surface area contributed by atoms with Crippen molar-refractivity contribution < 1.29 is 17.7 Å². The van der Waals surface area contributed by atoms with Crippen molar-refractivity contribution in [2.45, 2.75) is 24.7 Å². The van der Waals surface area contributed by atoms with Gasteiger partial charge in [-0.05, 0) is 24.1 Å². The molecule has 0 saturated carbocycles. The molecule has 25 heavy (non-hydrogen) atoms. The van der Waals surface area contributed by atoms with E-state index in [9.17, 15) is 18.0 Å². The van der Waals surface area contributed by atoms with Crippen LogP contribution in [0.5, 0.6) is 0 Å². The number of nitrogens with one attached hydrogen (secondary N) is 1. The zero-order chi connectivity index (χ0) is 18.4. The molecule has 0 radical (unpaired) electrons. The summed E-state index contributed by atoms with van der Waals surface area (Å²) in [5, 5.41) is 3.73. The molecule has 0 fully saturated rings. The lowest BCUT2D eigenvalue weighted by molar-refractivity contribution is 0.0945. The van der Waals surface area contributed by atoms with E-state index in [-0.39, 0.29) is 21.4 Å². The van der Waals surface area contributed by atoms with E-state index in [1.807, 2.05) is 18.6 Å². The average Bonchev–Trinajstić information content (AvgIpc) is 3.13. The Kier molecular flexibility index (Phi) is 4.25. The minimum absolute atomic E-state index is 0.0465. The molecule has 8 nitrogen and oxygen atoms in total. The van der Waals surface area contributed by atoms with E-state index in [0.29, 0.717) is 15.9 Å². The average molecular weight is 381 g/mol. The maximum Gasteiger partial charge on any atom is 0.307 e. The quantitative estimate of drug-likeness (QED) is 0.738. The van der Waals surface area contributed by atoms with Gasteiger partial charge in [0.1, 0.15) is 0 Å². The van der Waals surface area contributed by atoms with E-state index >= 15 is 0 Å². The van der Waals surface area contributed by atoms with Crippen LogP contribution in [-0.4, -0.2) is 24.0 Å². The van der Waals surface area contributed by atoms with Crippen LogP contribution in [0.1, 0.15) is 36.0 Å². The van der Waals surface area contributed by atoms with Gasteiger partial charge in [0.25, 0.3) is 10.0 Å². The number of benzene rings is 1. The molecule has 0 unspecified atom stereocenters. The van der Waals surface area contributed by atoms with Crippen molar-refractivity contribution in [1.82, 2.24) is 14.4 Å². The lowest BCUT2D eigenvalue weighted by Crippen LogP contribution is -2.30. The number of aryl methyl sites for hydroxylation is 1. The number of carbonyl (C=O) groups excluding carboxylic acids is 1. The molecule has 2 aromatic heterocycles. The Hall–Kier alpha value is -2.46. The van der Waals surface area contributed by atoms with Gasteiger partial charge >= 0.3 is 10.8 Å². The standard InChI is InChI=1S/C15H15N3O5S2/c1-8(2)10-7-12(23-16-10)14(19)17-25(21,22)9-4-5-11-13(6-9)24-15(20)18(11)3/h4-8H,1-3H3,(H,17,19). The molecule has 1 amide bonds. The van der Waals surface area contributed by atoms with Gasteiger partial charge in [-0.1, -0.05) is 30.3 Å². The summed E-state index contributed by atoms with van der Waals surface area (Å²) in [6.07, 6.45) is 0. The second kappa shape index (κ2) is 6.12. The zero-order valence-electron chi connectivity index (χ0n) is 13.6. The summed E-state index contributed by atoms with van der Waals surface area (Å²) in [6, 6.07) is 5.63. The van der Waals surface area contributed by atoms with Gasteiger partial charge in [0, 0.05) is 13.1 Å². The first kappa shape index (κ1) is 17.4. The number of fused-ring (bicyclic) bond motifs is 1. The van der Waals surface area contributed by atoms with Crippen molar-refractivity contribution in [2.75, 3.05) is 0 Å². The van der Waals surface area contributed by atoms with Crippen molar-refractivity contribution >= 4 is 37.5 Å². The predicted molar refractivity (Wildman–Crippen MR) is 92.3 cm³/mol. The number of aromatic nitrogens is 2. The molecule has 1 aromatic carbocycles. The maximum atomic E-state index is 12.4. The van der Waals surface area contributed by atoms with Gasteiger partial charge in [0.2, 0.25) is 5.76 Å². The summed E-state index contributed by atoms with van der Waals surface area (Å²) >= 11 is 0.933. The highest BCUT2D eigenvalue weighted by Gasteiger charge is 2.23. The number of carbonyl (C=O) groups is 1. The Morgan fingerprint density at radius 2 is 2.04 bits per heavy atom. The molecule has 0 aliphatic carbocycles. The van der Waals surface area contributed by atoms with Crippen LogP contribution in [0, 0.1) is 0 Å². The highest BCUT2D eigenvalue weighted by atomic mass is 32.2. The molecule has 0 aliphatic rings. The number of amides is 1. The van der Waals surface area contributed by atoms with Crippen LogP contribution >= 0.6 is 11.3 Å². The first-order valence-electron chi connectivity index (χ1n) is 7.32. The number of hydrogen-bond donors (Lipinski definition) is 1. The van der Waals surface area contributed by atoms with Crippen LogP contribution in [-0.2, 0) is 17.1 Å². The van der Waals surface area contributed by atoms with Gasteiger partial charge in [-0.15, -0.1) is 0 Å². The minimum Gasteiger partial charge on any atom is -0.351 e. The van der Waals surface area contributed by atoms with Gasteiger partial charge in [-0.2, -0.15) is 0 Å². The SMILES string of the molecule is CC(C)c1cc(C(=O)NS(=O)(=O)c2ccc3c(c2)sc(=O)n3C)on1. The fourth-order valence-corrected chi connectivity index (χ4v) is 4.16. The first-order chi connectivity index (χ1) is 11.7. The molecule has 0 bridgehead atoms. The number of sulfonamides is 1. The number of thiazole rings is 1. The topological polar surface area (TPSA) is 111 Å². The molecule has 1 N–H and O–H groups in total. The molecule has 0 aliphatic heterocycles. The third-order valence-corrected chi connectivity index (χ3v) is 5.97.